The summed E-state index contributed by atoms with van der Waals surface area (Å²) in [7, 11) is -0.291. The van der Waals surface area contributed by atoms with Crippen molar-refractivity contribution in [3.8, 4) is 0 Å². The molecule has 0 aliphatic heterocycles. The molecule has 0 bridgehead atoms. The van der Waals surface area contributed by atoms with Crippen LogP contribution in [0.5, 0.6) is 0 Å². The van der Waals surface area contributed by atoms with E-state index in [2.05, 4.69) is 86.9 Å². The summed E-state index contributed by atoms with van der Waals surface area (Å²) in [5, 5.41) is 1.43. The summed E-state index contributed by atoms with van der Waals surface area (Å²) in [6.07, 6.45) is 2.06. The maximum absolute atomic E-state index is 3.38. The van der Waals surface area contributed by atoms with Gasteiger partial charge in [0.2, 0.25) is 0 Å². The van der Waals surface area contributed by atoms with Crippen molar-refractivity contribution in [3.05, 3.63) is 77.3 Å². The van der Waals surface area contributed by atoms with Crippen molar-refractivity contribution < 1.29 is 0 Å². The molecule has 0 N–H and O–H groups in total. The van der Waals surface area contributed by atoms with Crippen LogP contribution >= 0.6 is 7.92 Å². The molecule has 0 saturated heterocycles. The Morgan fingerprint density at radius 1 is 0.952 bits per heavy atom. The van der Waals surface area contributed by atoms with Crippen molar-refractivity contribution in [2.45, 2.75) is 26.4 Å². The zero-order valence-corrected chi connectivity index (χ0v) is 13.8. The average molecular weight is 291 g/mol. The molecule has 3 radical (unpaired) electrons. The number of benzene rings is 2. The van der Waals surface area contributed by atoms with Crippen LogP contribution in [0.15, 0.2) is 66.1 Å². The summed E-state index contributed by atoms with van der Waals surface area (Å²) in [6.45, 7) is 6.70. The van der Waals surface area contributed by atoms with Gasteiger partial charge in [0, 0.05) is 8.41 Å². The Balaban J connectivity index is 0.00000220. The third-order valence-electron chi connectivity index (χ3n) is 3.15. The van der Waals surface area contributed by atoms with E-state index in [9.17, 15) is 0 Å². The minimum atomic E-state index is -0.291. The second-order valence-electron chi connectivity index (χ2n) is 5.19. The Morgan fingerprint density at radius 3 is 2.14 bits per heavy atom. The lowest BCUT2D eigenvalue weighted by Crippen LogP contribution is -2.05. The largest absolute Gasteiger partial charge is 0.119 e. The van der Waals surface area contributed by atoms with Gasteiger partial charge in [-0.1, -0.05) is 74.0 Å². The number of hydrogen-bond donors (Lipinski definition) is 0. The fraction of sp³-hybridized carbons (Fsp3) is 0.211. The highest BCUT2D eigenvalue weighted by Gasteiger charge is 2.11. The third kappa shape index (κ3) is 5.39. The fourth-order valence-corrected chi connectivity index (χ4v) is 3.77. The van der Waals surface area contributed by atoms with E-state index in [0.29, 0.717) is 5.66 Å². The van der Waals surface area contributed by atoms with Crippen LogP contribution in [0.1, 0.15) is 25.0 Å². The average Bonchev–Trinajstić information content (AvgIpc) is 2.46. The molecule has 1 atom stereocenters. The molecule has 2 rings (SSSR count). The van der Waals surface area contributed by atoms with Crippen LogP contribution < -0.4 is 5.30 Å². The van der Waals surface area contributed by atoms with Crippen molar-refractivity contribution in [2.75, 3.05) is 0 Å². The third-order valence-corrected chi connectivity index (χ3v) is 5.59. The van der Waals surface area contributed by atoms with Crippen molar-refractivity contribution in [3.63, 3.8) is 0 Å². The second-order valence-corrected chi connectivity index (χ2v) is 7.81. The summed E-state index contributed by atoms with van der Waals surface area (Å²) in [5.41, 5.74) is 6.52. The lowest BCUT2D eigenvalue weighted by molar-refractivity contribution is 1.10. The molecule has 105 valence electrons. The van der Waals surface area contributed by atoms with Crippen LogP contribution in [0, 0.1) is 6.92 Å². The molecule has 0 fully saturated rings. The molecule has 0 spiro atoms. The quantitative estimate of drug-likeness (QED) is 0.424. The first-order chi connectivity index (χ1) is 9.66. The van der Waals surface area contributed by atoms with Crippen LogP contribution in [-0.2, 0) is 0 Å². The van der Waals surface area contributed by atoms with Crippen molar-refractivity contribution in [2.24, 2.45) is 0 Å². The smallest absolute Gasteiger partial charge is 0 e. The molecule has 0 aliphatic carbocycles. The monoisotopic (exact) mass is 291 g/mol. The van der Waals surface area contributed by atoms with E-state index in [4.69, 9.17) is 0 Å². The molecule has 2 heteroatoms. The molecule has 2 aromatic rings. The number of aryl methyl sites for hydroxylation is 1. The number of rotatable bonds is 4. The SMILES string of the molecule is Cc1ccc(P(C=C=Cc2ccccc2)C(C)C)cc1.[B]. The van der Waals surface area contributed by atoms with Gasteiger partial charge in [-0.15, -0.1) is 5.73 Å². The standard InChI is InChI=1S/C19H21P.B/c1-16(2)20(19-13-11-17(3)12-14-19)15-7-10-18-8-5-4-6-9-18;/h4-6,8-16H,1-3H3;. The summed E-state index contributed by atoms with van der Waals surface area (Å²) in [6, 6.07) is 19.2. The van der Waals surface area contributed by atoms with Gasteiger partial charge < -0.3 is 0 Å². The van der Waals surface area contributed by atoms with Gasteiger partial charge in [-0.2, -0.15) is 0 Å². The topological polar surface area (TPSA) is 0 Å². The fourth-order valence-electron chi connectivity index (χ4n) is 2.00. The van der Waals surface area contributed by atoms with Gasteiger partial charge in [-0.25, -0.2) is 0 Å². The molecule has 0 aliphatic rings. The Hall–Kier alpha value is -1.55. The molecular formula is C19H21BP. The van der Waals surface area contributed by atoms with Crippen LogP contribution in [0.2, 0.25) is 0 Å². The molecule has 1 unspecified atom stereocenters. The van der Waals surface area contributed by atoms with Gasteiger partial charge in [0.15, 0.2) is 0 Å². The van der Waals surface area contributed by atoms with E-state index in [1.165, 1.54) is 16.4 Å². The van der Waals surface area contributed by atoms with Crippen LogP contribution in [-0.4, -0.2) is 14.1 Å². The van der Waals surface area contributed by atoms with Gasteiger partial charge >= 0.3 is 0 Å². The van der Waals surface area contributed by atoms with E-state index in [1.807, 2.05) is 6.07 Å². The molecule has 21 heavy (non-hydrogen) atoms. The first-order valence-electron chi connectivity index (χ1n) is 6.99. The molecule has 0 nitrogen and oxygen atoms in total. The Labute approximate surface area is 131 Å². The Bertz CT molecular complexity index is 593. The van der Waals surface area contributed by atoms with Gasteiger partial charge in [0.25, 0.3) is 0 Å². The normalized spacial score (nSPS) is 11.2. The predicted molar refractivity (Wildman–Crippen MR) is 97.6 cm³/mol. The van der Waals surface area contributed by atoms with Crippen molar-refractivity contribution >= 4 is 27.7 Å². The Kier molecular flexibility index (Phi) is 7.23. The lowest BCUT2D eigenvalue weighted by Gasteiger charge is -2.17. The summed E-state index contributed by atoms with van der Waals surface area (Å²) < 4.78 is 0. The predicted octanol–water partition coefficient (Wildman–Crippen LogP) is 4.96. The molecule has 2 aromatic carbocycles. The van der Waals surface area contributed by atoms with Crippen molar-refractivity contribution in [1.82, 2.24) is 0 Å². The summed E-state index contributed by atoms with van der Waals surface area (Å²) in [5.74, 6) is 2.25. The van der Waals surface area contributed by atoms with E-state index in [0.717, 1.165) is 0 Å². The van der Waals surface area contributed by atoms with Crippen LogP contribution in [0.4, 0.5) is 0 Å². The zero-order valence-electron chi connectivity index (χ0n) is 13.0. The van der Waals surface area contributed by atoms with Gasteiger partial charge in [0.1, 0.15) is 0 Å². The van der Waals surface area contributed by atoms with E-state index in [-0.39, 0.29) is 16.3 Å². The van der Waals surface area contributed by atoms with Gasteiger partial charge in [-0.05, 0) is 43.3 Å². The minimum Gasteiger partial charge on any atom is -0.119 e. The lowest BCUT2D eigenvalue weighted by atomic mass is 10.2. The zero-order chi connectivity index (χ0) is 14.4. The minimum absolute atomic E-state index is 0. The highest BCUT2D eigenvalue weighted by molar-refractivity contribution is 7.69. The Morgan fingerprint density at radius 2 is 1.57 bits per heavy atom. The summed E-state index contributed by atoms with van der Waals surface area (Å²) >= 11 is 0. The van der Waals surface area contributed by atoms with Gasteiger partial charge in [-0.3, -0.25) is 0 Å². The maximum Gasteiger partial charge on any atom is 0 e. The molecule has 0 amide bonds. The summed E-state index contributed by atoms with van der Waals surface area (Å²) in [4.78, 5) is 0. The molecular weight excluding hydrogens is 270 g/mol. The first kappa shape index (κ1) is 17.5. The number of hydrogen-bond acceptors (Lipinski definition) is 0. The highest BCUT2D eigenvalue weighted by atomic mass is 31.1. The highest BCUT2D eigenvalue weighted by Crippen LogP contribution is 2.41. The molecule has 0 aromatic heterocycles. The first-order valence-corrected chi connectivity index (χ1v) is 8.47. The molecule has 0 saturated carbocycles. The van der Waals surface area contributed by atoms with E-state index in [1.54, 1.807) is 0 Å². The van der Waals surface area contributed by atoms with Crippen LogP contribution in [0.3, 0.4) is 0 Å². The van der Waals surface area contributed by atoms with E-state index >= 15 is 0 Å². The van der Waals surface area contributed by atoms with Crippen LogP contribution in [0.25, 0.3) is 6.08 Å². The van der Waals surface area contributed by atoms with E-state index < -0.39 is 0 Å². The van der Waals surface area contributed by atoms with Crippen molar-refractivity contribution in [1.29, 1.82) is 0 Å². The second kappa shape index (κ2) is 8.68. The molecule has 0 heterocycles. The maximum atomic E-state index is 3.38. The van der Waals surface area contributed by atoms with Gasteiger partial charge in [0.05, 0.1) is 0 Å².